The second kappa shape index (κ2) is 8.25. The second-order valence-corrected chi connectivity index (χ2v) is 5.13. The number of aromatic nitrogens is 1. The Morgan fingerprint density at radius 1 is 1.38 bits per heavy atom. The molecule has 2 aromatic rings. The molecule has 0 aliphatic rings. The lowest BCUT2D eigenvalue weighted by Gasteiger charge is -2.09. The van der Waals surface area contributed by atoms with Crippen molar-refractivity contribution >= 4 is 23.1 Å². The summed E-state index contributed by atoms with van der Waals surface area (Å²) in [6.07, 6.45) is 2.87. The number of methoxy groups -OCH3 is 1. The van der Waals surface area contributed by atoms with Gasteiger partial charge in [0.1, 0.15) is 23.2 Å². The molecule has 1 heterocycles. The third-order valence-corrected chi connectivity index (χ3v) is 3.28. The van der Waals surface area contributed by atoms with Crippen molar-refractivity contribution in [2.24, 2.45) is 0 Å². The van der Waals surface area contributed by atoms with Gasteiger partial charge in [-0.15, -0.1) is 0 Å². The SMILES string of the molecule is COc1cc([N+](=O)[O-])ccc1NC(=O)/C(C#N)=C\Nc1ccc(C)cn1. The highest BCUT2D eigenvalue weighted by Gasteiger charge is 2.15. The summed E-state index contributed by atoms with van der Waals surface area (Å²) in [6, 6.07) is 9.05. The second-order valence-electron chi connectivity index (χ2n) is 5.13. The molecule has 132 valence electrons. The van der Waals surface area contributed by atoms with E-state index in [9.17, 15) is 20.2 Å². The van der Waals surface area contributed by atoms with Crippen LogP contribution in [0.2, 0.25) is 0 Å². The van der Waals surface area contributed by atoms with E-state index in [1.807, 2.05) is 13.0 Å². The first-order valence-electron chi connectivity index (χ1n) is 7.38. The van der Waals surface area contributed by atoms with Gasteiger partial charge in [0.15, 0.2) is 0 Å². The molecule has 0 atom stereocenters. The molecular formula is C17H15N5O4. The average Bonchev–Trinajstić information content (AvgIpc) is 2.63. The van der Waals surface area contributed by atoms with Gasteiger partial charge in [-0.3, -0.25) is 14.9 Å². The first kappa shape index (κ1) is 18.4. The van der Waals surface area contributed by atoms with Gasteiger partial charge in [-0.25, -0.2) is 4.98 Å². The fourth-order valence-corrected chi connectivity index (χ4v) is 1.93. The van der Waals surface area contributed by atoms with Crippen LogP contribution in [0.1, 0.15) is 5.56 Å². The van der Waals surface area contributed by atoms with Crippen LogP contribution >= 0.6 is 0 Å². The monoisotopic (exact) mass is 353 g/mol. The van der Waals surface area contributed by atoms with E-state index in [2.05, 4.69) is 15.6 Å². The van der Waals surface area contributed by atoms with E-state index < -0.39 is 10.8 Å². The summed E-state index contributed by atoms with van der Waals surface area (Å²) < 4.78 is 5.04. The molecule has 1 amide bonds. The van der Waals surface area contributed by atoms with Gasteiger partial charge in [0.2, 0.25) is 0 Å². The molecule has 0 saturated heterocycles. The van der Waals surface area contributed by atoms with Crippen molar-refractivity contribution in [2.45, 2.75) is 6.92 Å². The van der Waals surface area contributed by atoms with Crippen molar-refractivity contribution in [1.29, 1.82) is 5.26 Å². The zero-order chi connectivity index (χ0) is 19.1. The summed E-state index contributed by atoms with van der Waals surface area (Å²) in [5.41, 5.74) is 0.802. The molecule has 0 aliphatic carbocycles. The number of carbonyl (C=O) groups is 1. The standard InChI is InChI=1S/C17H15N5O4/c1-11-3-6-16(19-9-11)20-10-12(8-18)17(23)21-14-5-4-13(22(24)25)7-15(14)26-2/h3-7,9-10H,1-2H3,(H,19,20)(H,21,23)/b12-10-. The number of nitro benzene ring substituents is 1. The molecule has 9 nitrogen and oxygen atoms in total. The Labute approximate surface area is 149 Å². The molecule has 1 aromatic heterocycles. The minimum absolute atomic E-state index is 0.109. The van der Waals surface area contributed by atoms with Gasteiger partial charge in [-0.1, -0.05) is 6.07 Å². The van der Waals surface area contributed by atoms with Crippen LogP contribution in [0, 0.1) is 28.4 Å². The van der Waals surface area contributed by atoms with Gasteiger partial charge < -0.3 is 15.4 Å². The molecule has 9 heteroatoms. The van der Waals surface area contributed by atoms with Gasteiger partial charge in [-0.05, 0) is 24.6 Å². The maximum Gasteiger partial charge on any atom is 0.273 e. The number of ether oxygens (including phenoxy) is 1. The van der Waals surface area contributed by atoms with E-state index in [0.717, 1.165) is 5.56 Å². The number of nitriles is 1. The number of pyridine rings is 1. The predicted molar refractivity (Wildman–Crippen MR) is 94.6 cm³/mol. The Morgan fingerprint density at radius 3 is 2.73 bits per heavy atom. The van der Waals surface area contributed by atoms with Crippen LogP contribution in [0.3, 0.4) is 0 Å². The number of aryl methyl sites for hydroxylation is 1. The van der Waals surface area contributed by atoms with Gasteiger partial charge in [0, 0.05) is 18.5 Å². The molecule has 1 aromatic carbocycles. The number of nitro groups is 1. The molecule has 0 unspecified atom stereocenters. The lowest BCUT2D eigenvalue weighted by atomic mass is 10.2. The first-order chi connectivity index (χ1) is 12.4. The number of benzene rings is 1. The van der Waals surface area contributed by atoms with Crippen LogP contribution in [0.25, 0.3) is 0 Å². The van der Waals surface area contributed by atoms with Crippen LogP contribution in [0.5, 0.6) is 5.75 Å². The minimum Gasteiger partial charge on any atom is -0.494 e. The topological polar surface area (TPSA) is 130 Å². The minimum atomic E-state index is -0.695. The Kier molecular flexibility index (Phi) is 5.84. The summed E-state index contributed by atoms with van der Waals surface area (Å²) in [7, 11) is 1.32. The Morgan fingerprint density at radius 2 is 2.15 bits per heavy atom. The van der Waals surface area contributed by atoms with E-state index >= 15 is 0 Å². The Hall–Kier alpha value is -3.93. The molecule has 0 radical (unpaired) electrons. The summed E-state index contributed by atoms with van der Waals surface area (Å²) >= 11 is 0. The van der Waals surface area contributed by atoms with Gasteiger partial charge in [-0.2, -0.15) is 5.26 Å². The molecule has 0 saturated carbocycles. The van der Waals surface area contributed by atoms with Crippen LogP contribution in [0.15, 0.2) is 48.3 Å². The largest absolute Gasteiger partial charge is 0.494 e. The number of non-ortho nitro benzene ring substituents is 1. The number of amides is 1. The van der Waals surface area contributed by atoms with E-state index in [1.54, 1.807) is 18.3 Å². The van der Waals surface area contributed by atoms with Gasteiger partial charge in [0.05, 0.1) is 23.8 Å². The zero-order valence-electron chi connectivity index (χ0n) is 14.0. The Bertz CT molecular complexity index is 900. The van der Waals surface area contributed by atoms with Crippen molar-refractivity contribution in [3.8, 4) is 11.8 Å². The molecule has 0 bridgehead atoms. The molecule has 2 rings (SSSR count). The number of hydrogen-bond donors (Lipinski definition) is 2. The van der Waals surface area contributed by atoms with E-state index in [1.165, 1.54) is 31.5 Å². The summed E-state index contributed by atoms with van der Waals surface area (Å²) in [6.45, 7) is 1.89. The number of hydrogen-bond acceptors (Lipinski definition) is 7. The van der Waals surface area contributed by atoms with E-state index in [-0.39, 0.29) is 22.7 Å². The zero-order valence-corrected chi connectivity index (χ0v) is 14.0. The number of nitrogens with zero attached hydrogens (tertiary/aromatic N) is 3. The van der Waals surface area contributed by atoms with Crippen molar-refractivity contribution in [2.75, 3.05) is 17.7 Å². The van der Waals surface area contributed by atoms with Crippen LogP contribution in [-0.2, 0) is 4.79 Å². The van der Waals surface area contributed by atoms with Crippen LogP contribution in [0.4, 0.5) is 17.2 Å². The smallest absolute Gasteiger partial charge is 0.273 e. The molecule has 2 N–H and O–H groups in total. The number of rotatable bonds is 6. The number of anilines is 2. The van der Waals surface area contributed by atoms with Gasteiger partial charge in [0.25, 0.3) is 11.6 Å². The maximum atomic E-state index is 12.3. The third kappa shape index (κ3) is 4.55. The highest BCUT2D eigenvalue weighted by atomic mass is 16.6. The lowest BCUT2D eigenvalue weighted by molar-refractivity contribution is -0.384. The Balaban J connectivity index is 2.16. The summed E-state index contributed by atoms with van der Waals surface area (Å²) in [4.78, 5) is 26.6. The molecule has 0 fully saturated rings. The summed E-state index contributed by atoms with van der Waals surface area (Å²) in [5.74, 6) is -0.110. The van der Waals surface area contributed by atoms with Crippen molar-refractivity contribution in [3.05, 3.63) is 64.0 Å². The predicted octanol–water partition coefficient (Wildman–Crippen LogP) is 2.76. The quantitative estimate of drug-likeness (QED) is 0.353. The average molecular weight is 353 g/mol. The maximum absolute atomic E-state index is 12.3. The van der Waals surface area contributed by atoms with E-state index in [4.69, 9.17) is 4.74 Å². The van der Waals surface area contributed by atoms with Gasteiger partial charge >= 0.3 is 0 Å². The molecule has 26 heavy (non-hydrogen) atoms. The molecular weight excluding hydrogens is 338 g/mol. The van der Waals surface area contributed by atoms with Crippen LogP contribution < -0.4 is 15.4 Å². The van der Waals surface area contributed by atoms with Crippen molar-refractivity contribution < 1.29 is 14.5 Å². The highest BCUT2D eigenvalue weighted by Crippen LogP contribution is 2.29. The van der Waals surface area contributed by atoms with Crippen molar-refractivity contribution in [3.63, 3.8) is 0 Å². The number of carbonyl (C=O) groups excluding carboxylic acids is 1. The normalized spacial score (nSPS) is 10.6. The van der Waals surface area contributed by atoms with Crippen LogP contribution in [-0.4, -0.2) is 22.9 Å². The number of nitrogens with one attached hydrogen (secondary N) is 2. The lowest BCUT2D eigenvalue weighted by Crippen LogP contribution is -2.15. The molecule has 0 aliphatic heterocycles. The summed E-state index contributed by atoms with van der Waals surface area (Å²) in [5, 5.41) is 25.2. The fraction of sp³-hybridized carbons (Fsp3) is 0.118. The first-order valence-corrected chi connectivity index (χ1v) is 7.38. The fourth-order valence-electron chi connectivity index (χ4n) is 1.93. The third-order valence-electron chi connectivity index (χ3n) is 3.28. The molecule has 0 spiro atoms. The highest BCUT2D eigenvalue weighted by molar-refractivity contribution is 6.07. The van der Waals surface area contributed by atoms with Crippen molar-refractivity contribution in [1.82, 2.24) is 4.98 Å². The van der Waals surface area contributed by atoms with E-state index in [0.29, 0.717) is 5.82 Å².